The number of hydrogen-bond acceptors (Lipinski definition) is 3. The van der Waals surface area contributed by atoms with E-state index in [-0.39, 0.29) is 28.1 Å². The van der Waals surface area contributed by atoms with Crippen LogP contribution in [0.15, 0.2) is 0 Å². The van der Waals surface area contributed by atoms with Crippen molar-refractivity contribution in [3.8, 4) is 0 Å². The summed E-state index contributed by atoms with van der Waals surface area (Å²) in [5, 5.41) is 0.223. The minimum Gasteiger partial charge on any atom is -0.519 e. The van der Waals surface area contributed by atoms with Crippen molar-refractivity contribution in [3.05, 3.63) is 0 Å². The summed E-state index contributed by atoms with van der Waals surface area (Å²) in [4.78, 5) is 12.8. The Morgan fingerprint density at radius 3 is 1.78 bits per heavy atom. The SMILES string of the molecule is CC(C)(C)[Si](C)(C)OC(=O)C1CCCC1O[Si](C)(C)C(C)(C)C. The fourth-order valence-electron chi connectivity index (χ4n) is 2.37. The van der Waals surface area contributed by atoms with Gasteiger partial charge in [0.2, 0.25) is 0 Å². The molecule has 136 valence electrons. The summed E-state index contributed by atoms with van der Waals surface area (Å²) in [6, 6.07) is 0. The van der Waals surface area contributed by atoms with Gasteiger partial charge in [-0.15, -0.1) is 0 Å². The van der Waals surface area contributed by atoms with Crippen LogP contribution in [0.1, 0.15) is 60.8 Å². The van der Waals surface area contributed by atoms with Crippen molar-refractivity contribution in [1.29, 1.82) is 0 Å². The Kier molecular flexibility index (Phi) is 6.03. The molecule has 0 aromatic carbocycles. The summed E-state index contributed by atoms with van der Waals surface area (Å²) in [5.74, 6) is -0.0870. The van der Waals surface area contributed by atoms with E-state index in [1.54, 1.807) is 0 Å². The van der Waals surface area contributed by atoms with E-state index in [4.69, 9.17) is 8.85 Å². The van der Waals surface area contributed by atoms with Gasteiger partial charge in [-0.25, -0.2) is 0 Å². The number of rotatable bonds is 4. The molecule has 1 fully saturated rings. The highest BCUT2D eigenvalue weighted by molar-refractivity contribution is 6.75. The standard InChI is InChI=1S/C18H38O3Si2/c1-17(2,3)22(7,8)20-15-13-11-12-14(15)16(19)21-23(9,10)18(4,5)6/h14-15H,11-13H2,1-10H3. The van der Waals surface area contributed by atoms with Crippen LogP contribution in [0, 0.1) is 5.92 Å². The molecular formula is C18H38O3Si2. The predicted molar refractivity (Wildman–Crippen MR) is 103 cm³/mol. The maximum atomic E-state index is 12.8. The zero-order valence-corrected chi connectivity index (χ0v) is 19.0. The molecule has 0 radical (unpaired) electrons. The van der Waals surface area contributed by atoms with Gasteiger partial charge in [0.15, 0.2) is 8.32 Å². The van der Waals surface area contributed by atoms with Crippen LogP contribution in [0.3, 0.4) is 0 Å². The van der Waals surface area contributed by atoms with Crippen LogP contribution in [0.4, 0.5) is 0 Å². The first kappa shape index (κ1) is 20.9. The third kappa shape index (κ3) is 4.92. The molecule has 2 atom stereocenters. The van der Waals surface area contributed by atoms with E-state index in [1.165, 1.54) is 0 Å². The quantitative estimate of drug-likeness (QED) is 0.602. The molecule has 0 spiro atoms. The normalized spacial score (nSPS) is 23.9. The van der Waals surface area contributed by atoms with Crippen molar-refractivity contribution in [2.24, 2.45) is 5.92 Å². The first-order chi connectivity index (χ1) is 10.1. The first-order valence-electron chi connectivity index (χ1n) is 8.99. The molecule has 0 aliphatic heterocycles. The number of hydrogen-bond donors (Lipinski definition) is 0. The molecule has 3 nitrogen and oxygen atoms in total. The average molecular weight is 359 g/mol. The smallest absolute Gasteiger partial charge is 0.298 e. The number of carbonyl (C=O) groups excluding carboxylic acids is 1. The molecule has 0 saturated heterocycles. The first-order valence-corrected chi connectivity index (χ1v) is 14.8. The van der Waals surface area contributed by atoms with E-state index >= 15 is 0 Å². The van der Waals surface area contributed by atoms with Crippen molar-refractivity contribution in [1.82, 2.24) is 0 Å². The van der Waals surface area contributed by atoms with E-state index < -0.39 is 16.6 Å². The molecule has 5 heteroatoms. The van der Waals surface area contributed by atoms with Crippen molar-refractivity contribution in [3.63, 3.8) is 0 Å². The summed E-state index contributed by atoms with van der Waals surface area (Å²) in [6.45, 7) is 22.1. The van der Waals surface area contributed by atoms with Crippen LogP contribution < -0.4 is 0 Å². The van der Waals surface area contributed by atoms with E-state index in [1.807, 2.05) is 0 Å². The molecular weight excluding hydrogens is 320 g/mol. The monoisotopic (exact) mass is 358 g/mol. The molecule has 1 aliphatic rings. The van der Waals surface area contributed by atoms with Crippen LogP contribution in [-0.4, -0.2) is 28.7 Å². The summed E-state index contributed by atoms with van der Waals surface area (Å²) < 4.78 is 12.6. The van der Waals surface area contributed by atoms with Crippen molar-refractivity contribution >= 4 is 22.6 Å². The van der Waals surface area contributed by atoms with Gasteiger partial charge in [0.05, 0.1) is 12.0 Å². The van der Waals surface area contributed by atoms with Gasteiger partial charge < -0.3 is 8.85 Å². The summed E-state index contributed by atoms with van der Waals surface area (Å²) in [6.07, 6.45) is 3.01. The van der Waals surface area contributed by atoms with Crippen LogP contribution in [0.5, 0.6) is 0 Å². The van der Waals surface area contributed by atoms with Crippen LogP contribution in [-0.2, 0) is 13.6 Å². The van der Waals surface area contributed by atoms with Crippen LogP contribution in [0.25, 0.3) is 0 Å². The van der Waals surface area contributed by atoms with Gasteiger partial charge in [-0.1, -0.05) is 41.5 Å². The van der Waals surface area contributed by atoms with Gasteiger partial charge in [0.1, 0.15) is 0 Å². The lowest BCUT2D eigenvalue weighted by Crippen LogP contribution is -2.48. The molecule has 0 aromatic heterocycles. The largest absolute Gasteiger partial charge is 0.519 e. The molecule has 1 rings (SSSR count). The molecule has 1 saturated carbocycles. The zero-order chi connectivity index (χ0) is 18.3. The van der Waals surface area contributed by atoms with E-state index in [9.17, 15) is 4.79 Å². The summed E-state index contributed by atoms with van der Waals surface area (Å²) >= 11 is 0. The fourth-order valence-corrected chi connectivity index (χ4v) is 4.73. The highest BCUT2D eigenvalue weighted by Gasteiger charge is 2.47. The molecule has 23 heavy (non-hydrogen) atoms. The van der Waals surface area contributed by atoms with E-state index in [0.29, 0.717) is 0 Å². The molecule has 0 amide bonds. The Bertz CT molecular complexity index is 431. The summed E-state index contributed by atoms with van der Waals surface area (Å²) in [7, 11) is -3.90. The Morgan fingerprint density at radius 2 is 1.35 bits per heavy atom. The van der Waals surface area contributed by atoms with Gasteiger partial charge in [0.25, 0.3) is 14.3 Å². The van der Waals surface area contributed by atoms with Gasteiger partial charge >= 0.3 is 0 Å². The third-order valence-corrected chi connectivity index (χ3v) is 15.0. The van der Waals surface area contributed by atoms with Crippen LogP contribution in [0.2, 0.25) is 36.3 Å². The average Bonchev–Trinajstić information content (AvgIpc) is 2.72. The maximum absolute atomic E-state index is 12.8. The lowest BCUT2D eigenvalue weighted by molar-refractivity contribution is -0.142. The van der Waals surface area contributed by atoms with Gasteiger partial charge in [-0.3, -0.25) is 4.79 Å². The highest BCUT2D eigenvalue weighted by Crippen LogP contribution is 2.42. The van der Waals surface area contributed by atoms with Gasteiger partial charge in [-0.2, -0.15) is 0 Å². The number of carbonyl (C=O) groups is 1. The second kappa shape index (κ2) is 6.64. The van der Waals surface area contributed by atoms with Crippen molar-refractivity contribution < 1.29 is 13.6 Å². The lowest BCUT2D eigenvalue weighted by Gasteiger charge is -2.40. The topological polar surface area (TPSA) is 35.5 Å². The minimum absolute atomic E-state index is 0.0159. The minimum atomic E-state index is -2.05. The molecule has 1 aliphatic carbocycles. The second-order valence-corrected chi connectivity index (χ2v) is 19.6. The zero-order valence-electron chi connectivity index (χ0n) is 17.0. The van der Waals surface area contributed by atoms with Crippen molar-refractivity contribution in [2.75, 3.05) is 0 Å². The molecule has 0 heterocycles. The summed E-state index contributed by atoms with van der Waals surface area (Å²) in [5.41, 5.74) is 0. The fraction of sp³-hybridized carbons (Fsp3) is 0.944. The van der Waals surface area contributed by atoms with Crippen molar-refractivity contribution in [2.45, 2.75) is 103 Å². The Hall–Kier alpha value is -0.136. The molecule has 0 N–H and O–H groups in total. The lowest BCUT2D eigenvalue weighted by atomic mass is 10.1. The molecule has 2 unspecified atom stereocenters. The maximum Gasteiger partial charge on any atom is 0.298 e. The van der Waals surface area contributed by atoms with E-state index in [0.717, 1.165) is 19.3 Å². The molecule has 0 aromatic rings. The Morgan fingerprint density at radius 1 is 0.870 bits per heavy atom. The Labute approximate surface area is 145 Å². The van der Waals surface area contributed by atoms with Crippen LogP contribution >= 0.6 is 0 Å². The Balaban J connectivity index is 2.82. The second-order valence-electron chi connectivity index (χ2n) is 10.1. The van der Waals surface area contributed by atoms with Gasteiger partial charge in [-0.05, 0) is 55.5 Å². The van der Waals surface area contributed by atoms with Gasteiger partial charge in [0, 0.05) is 0 Å². The predicted octanol–water partition coefficient (Wildman–Crippen LogP) is 5.73. The van der Waals surface area contributed by atoms with E-state index in [2.05, 4.69) is 67.7 Å². The molecule has 0 bridgehead atoms. The highest BCUT2D eigenvalue weighted by atomic mass is 28.4. The third-order valence-electron chi connectivity index (χ3n) is 6.17.